The summed E-state index contributed by atoms with van der Waals surface area (Å²) in [5, 5.41) is 18.2. The molecule has 0 saturated carbocycles. The SMILES string of the molecule is O=C(N=Nc1c(O)[nH]c2ccccc12)c1ccc2ocnc2c1. The van der Waals surface area contributed by atoms with Gasteiger partial charge in [-0.3, -0.25) is 4.79 Å². The first-order chi connectivity index (χ1) is 11.2. The Morgan fingerprint density at radius 2 is 2.09 bits per heavy atom. The molecule has 0 radical (unpaired) electrons. The molecule has 4 rings (SSSR count). The fourth-order valence-electron chi connectivity index (χ4n) is 2.36. The second kappa shape index (κ2) is 5.06. The lowest BCUT2D eigenvalue weighted by Gasteiger charge is -1.94. The van der Waals surface area contributed by atoms with Crippen LogP contribution in [0.4, 0.5) is 5.69 Å². The molecular weight excluding hydrogens is 296 g/mol. The second-order valence-corrected chi connectivity index (χ2v) is 4.91. The van der Waals surface area contributed by atoms with Crippen LogP contribution in [0.25, 0.3) is 22.0 Å². The van der Waals surface area contributed by atoms with E-state index in [4.69, 9.17) is 4.42 Å². The third-order valence-corrected chi connectivity index (χ3v) is 3.48. The van der Waals surface area contributed by atoms with Crippen molar-refractivity contribution in [3.63, 3.8) is 0 Å². The molecule has 0 bridgehead atoms. The van der Waals surface area contributed by atoms with Crippen LogP contribution in [0.5, 0.6) is 5.88 Å². The molecule has 112 valence electrons. The van der Waals surface area contributed by atoms with Crippen molar-refractivity contribution in [1.29, 1.82) is 0 Å². The Balaban J connectivity index is 1.69. The molecule has 0 aliphatic heterocycles. The van der Waals surface area contributed by atoms with Gasteiger partial charge in [-0.1, -0.05) is 18.2 Å². The van der Waals surface area contributed by atoms with Gasteiger partial charge in [0.05, 0.1) is 5.52 Å². The number of H-pyrrole nitrogens is 1. The monoisotopic (exact) mass is 306 g/mol. The minimum Gasteiger partial charge on any atom is -0.493 e. The van der Waals surface area contributed by atoms with Crippen molar-refractivity contribution >= 4 is 33.6 Å². The molecule has 0 aliphatic rings. The number of nitrogens with one attached hydrogen (secondary N) is 1. The minimum absolute atomic E-state index is 0.130. The lowest BCUT2D eigenvalue weighted by Crippen LogP contribution is -1.92. The number of hydrogen-bond donors (Lipinski definition) is 2. The Morgan fingerprint density at radius 1 is 1.22 bits per heavy atom. The van der Waals surface area contributed by atoms with Gasteiger partial charge in [-0.05, 0) is 24.3 Å². The quantitative estimate of drug-likeness (QED) is 0.547. The van der Waals surface area contributed by atoms with Crippen LogP contribution in [0.15, 0.2) is 63.5 Å². The van der Waals surface area contributed by atoms with Gasteiger partial charge in [0.25, 0.3) is 5.91 Å². The zero-order valence-electron chi connectivity index (χ0n) is 11.7. The third-order valence-electron chi connectivity index (χ3n) is 3.48. The summed E-state index contributed by atoms with van der Waals surface area (Å²) in [5.74, 6) is -0.658. The van der Waals surface area contributed by atoms with Crippen molar-refractivity contribution in [1.82, 2.24) is 9.97 Å². The van der Waals surface area contributed by atoms with Crippen molar-refractivity contribution in [3.05, 3.63) is 54.4 Å². The number of benzene rings is 2. The van der Waals surface area contributed by atoms with Gasteiger partial charge in [-0.15, -0.1) is 10.2 Å². The number of para-hydroxylation sites is 1. The molecule has 2 heterocycles. The summed E-state index contributed by atoms with van der Waals surface area (Å²) in [7, 11) is 0. The topological polar surface area (TPSA) is 104 Å². The van der Waals surface area contributed by atoms with E-state index in [1.165, 1.54) is 6.39 Å². The smallest absolute Gasteiger partial charge is 0.295 e. The van der Waals surface area contributed by atoms with E-state index < -0.39 is 5.91 Å². The lowest BCUT2D eigenvalue weighted by molar-refractivity contribution is 0.0995. The number of aromatic hydroxyl groups is 1. The molecule has 2 N–H and O–H groups in total. The van der Waals surface area contributed by atoms with E-state index in [1.54, 1.807) is 30.3 Å². The van der Waals surface area contributed by atoms with Gasteiger partial charge in [0, 0.05) is 10.9 Å². The number of nitrogens with zero attached hydrogens (tertiary/aromatic N) is 3. The van der Waals surface area contributed by atoms with Gasteiger partial charge in [-0.25, -0.2) is 4.98 Å². The molecule has 7 heteroatoms. The average molecular weight is 306 g/mol. The van der Waals surface area contributed by atoms with E-state index in [0.717, 1.165) is 5.52 Å². The summed E-state index contributed by atoms with van der Waals surface area (Å²) in [6.45, 7) is 0. The molecule has 2 aromatic carbocycles. The van der Waals surface area contributed by atoms with Crippen LogP contribution in [-0.2, 0) is 0 Å². The molecular formula is C16H10N4O3. The standard InChI is InChI=1S/C16H10N4O3/c21-15(9-5-6-13-12(7-9)17-8-23-13)20-19-14-10-3-1-2-4-11(10)18-16(14)22/h1-8,18,22H. The number of amides is 1. The Hall–Kier alpha value is -3.48. The summed E-state index contributed by atoms with van der Waals surface area (Å²) < 4.78 is 5.12. The highest BCUT2D eigenvalue weighted by Crippen LogP contribution is 2.35. The normalized spacial score (nSPS) is 11.7. The van der Waals surface area contributed by atoms with Crippen LogP contribution in [-0.4, -0.2) is 21.0 Å². The molecule has 7 nitrogen and oxygen atoms in total. The van der Waals surface area contributed by atoms with Gasteiger partial charge in [0.2, 0.25) is 5.88 Å². The second-order valence-electron chi connectivity index (χ2n) is 4.91. The number of carbonyl (C=O) groups is 1. The summed E-state index contributed by atoms with van der Waals surface area (Å²) in [6, 6.07) is 12.0. The number of hydrogen-bond acceptors (Lipinski definition) is 5. The first-order valence-corrected chi connectivity index (χ1v) is 6.81. The summed E-state index contributed by atoms with van der Waals surface area (Å²) in [5.41, 5.74) is 2.45. The molecule has 0 atom stereocenters. The maximum absolute atomic E-state index is 12.1. The fraction of sp³-hybridized carbons (Fsp3) is 0. The Labute approximate surface area is 129 Å². The number of azo groups is 1. The minimum atomic E-state index is -0.528. The van der Waals surface area contributed by atoms with E-state index in [2.05, 4.69) is 20.2 Å². The number of carbonyl (C=O) groups excluding carboxylic acids is 1. The molecule has 0 aliphatic carbocycles. The van der Waals surface area contributed by atoms with E-state index in [1.807, 2.05) is 12.1 Å². The fourth-order valence-corrected chi connectivity index (χ4v) is 2.36. The molecule has 1 amide bonds. The predicted molar refractivity (Wildman–Crippen MR) is 82.8 cm³/mol. The highest BCUT2D eigenvalue weighted by atomic mass is 16.3. The van der Waals surface area contributed by atoms with Crippen LogP contribution >= 0.6 is 0 Å². The molecule has 4 aromatic rings. The van der Waals surface area contributed by atoms with E-state index in [0.29, 0.717) is 22.0 Å². The summed E-state index contributed by atoms with van der Waals surface area (Å²) >= 11 is 0. The molecule has 0 fully saturated rings. The van der Waals surface area contributed by atoms with Crippen LogP contribution in [0.3, 0.4) is 0 Å². The Kier molecular flexibility index (Phi) is 2.90. The maximum atomic E-state index is 12.1. The highest BCUT2D eigenvalue weighted by molar-refractivity contribution is 5.98. The van der Waals surface area contributed by atoms with Crippen molar-refractivity contribution in [2.45, 2.75) is 0 Å². The number of aromatic nitrogens is 2. The van der Waals surface area contributed by atoms with Gasteiger partial charge < -0.3 is 14.5 Å². The number of aromatic amines is 1. The van der Waals surface area contributed by atoms with Gasteiger partial charge in [0.1, 0.15) is 5.52 Å². The first kappa shape index (κ1) is 13.2. The predicted octanol–water partition coefficient (Wildman–Crippen LogP) is 3.94. The number of oxazole rings is 1. The molecule has 23 heavy (non-hydrogen) atoms. The summed E-state index contributed by atoms with van der Waals surface area (Å²) in [4.78, 5) is 18.9. The van der Waals surface area contributed by atoms with Gasteiger partial charge in [0.15, 0.2) is 17.7 Å². The molecule has 0 unspecified atom stereocenters. The summed E-state index contributed by atoms with van der Waals surface area (Å²) in [6.07, 6.45) is 1.31. The third kappa shape index (κ3) is 2.24. The van der Waals surface area contributed by atoms with Crippen LogP contribution in [0.2, 0.25) is 0 Å². The van der Waals surface area contributed by atoms with Crippen LogP contribution < -0.4 is 0 Å². The van der Waals surface area contributed by atoms with E-state index >= 15 is 0 Å². The molecule has 0 saturated heterocycles. The zero-order valence-corrected chi connectivity index (χ0v) is 11.7. The molecule has 0 spiro atoms. The number of rotatable bonds is 2. The number of fused-ring (bicyclic) bond motifs is 2. The first-order valence-electron chi connectivity index (χ1n) is 6.81. The highest BCUT2D eigenvalue weighted by Gasteiger charge is 2.11. The van der Waals surface area contributed by atoms with Crippen molar-refractivity contribution in [2.24, 2.45) is 10.2 Å². The Bertz CT molecular complexity index is 1060. The maximum Gasteiger partial charge on any atom is 0.295 e. The molecule has 2 aromatic heterocycles. The van der Waals surface area contributed by atoms with Crippen molar-refractivity contribution in [3.8, 4) is 5.88 Å². The van der Waals surface area contributed by atoms with Gasteiger partial charge in [-0.2, -0.15) is 0 Å². The van der Waals surface area contributed by atoms with Gasteiger partial charge >= 0.3 is 0 Å². The average Bonchev–Trinajstić information content (AvgIpc) is 3.15. The largest absolute Gasteiger partial charge is 0.493 e. The van der Waals surface area contributed by atoms with Crippen LogP contribution in [0.1, 0.15) is 10.4 Å². The zero-order chi connectivity index (χ0) is 15.8. The van der Waals surface area contributed by atoms with Crippen molar-refractivity contribution < 1.29 is 14.3 Å². The lowest BCUT2D eigenvalue weighted by atomic mass is 10.2. The van der Waals surface area contributed by atoms with E-state index in [-0.39, 0.29) is 11.6 Å². The van der Waals surface area contributed by atoms with E-state index in [9.17, 15) is 9.90 Å². The van der Waals surface area contributed by atoms with Crippen LogP contribution in [0, 0.1) is 0 Å². The van der Waals surface area contributed by atoms with Crippen molar-refractivity contribution in [2.75, 3.05) is 0 Å². The Morgan fingerprint density at radius 3 is 3.00 bits per heavy atom.